The Hall–Kier alpha value is -1.65. The average Bonchev–Trinajstić information content (AvgIpc) is 2.37. The van der Waals surface area contributed by atoms with Crippen molar-refractivity contribution in [2.75, 3.05) is 0 Å². The SMILES string of the molecule is CC(C)(C)c1cccc(-c2ccc(S(N)(=O)=O)cc2)c1. The Morgan fingerprint density at radius 1 is 0.900 bits per heavy atom. The van der Waals surface area contributed by atoms with Gasteiger partial charge < -0.3 is 0 Å². The monoisotopic (exact) mass is 289 g/mol. The molecule has 20 heavy (non-hydrogen) atoms. The Balaban J connectivity index is 2.43. The van der Waals surface area contributed by atoms with Gasteiger partial charge >= 0.3 is 0 Å². The second-order valence-corrected chi connectivity index (χ2v) is 7.46. The fourth-order valence-electron chi connectivity index (χ4n) is 2.00. The van der Waals surface area contributed by atoms with E-state index in [2.05, 4.69) is 32.9 Å². The standard InChI is InChI=1S/C16H19NO2S/c1-16(2,3)14-6-4-5-13(11-14)12-7-9-15(10-8-12)20(17,18)19/h4-11H,1-3H3,(H2,17,18,19). The predicted molar refractivity (Wildman–Crippen MR) is 82.0 cm³/mol. The van der Waals surface area contributed by atoms with E-state index in [1.165, 1.54) is 17.7 Å². The molecular weight excluding hydrogens is 270 g/mol. The van der Waals surface area contributed by atoms with Crippen LogP contribution in [0.2, 0.25) is 0 Å². The van der Waals surface area contributed by atoms with Gasteiger partial charge in [-0.2, -0.15) is 0 Å². The number of hydrogen-bond acceptors (Lipinski definition) is 2. The summed E-state index contributed by atoms with van der Waals surface area (Å²) < 4.78 is 22.5. The van der Waals surface area contributed by atoms with E-state index >= 15 is 0 Å². The average molecular weight is 289 g/mol. The third-order valence-corrected chi connectivity index (χ3v) is 4.17. The Kier molecular flexibility index (Phi) is 3.71. The minimum Gasteiger partial charge on any atom is -0.225 e. The molecule has 106 valence electrons. The topological polar surface area (TPSA) is 60.2 Å². The maximum Gasteiger partial charge on any atom is 0.238 e. The first-order valence-corrected chi connectivity index (χ1v) is 7.96. The van der Waals surface area contributed by atoms with Crippen molar-refractivity contribution in [2.45, 2.75) is 31.1 Å². The fourth-order valence-corrected chi connectivity index (χ4v) is 2.52. The quantitative estimate of drug-likeness (QED) is 0.922. The van der Waals surface area contributed by atoms with Gasteiger partial charge in [-0.15, -0.1) is 0 Å². The molecule has 0 radical (unpaired) electrons. The van der Waals surface area contributed by atoms with E-state index in [1.807, 2.05) is 12.1 Å². The highest BCUT2D eigenvalue weighted by molar-refractivity contribution is 7.89. The zero-order valence-corrected chi connectivity index (χ0v) is 12.7. The lowest BCUT2D eigenvalue weighted by molar-refractivity contribution is 0.590. The highest BCUT2D eigenvalue weighted by Crippen LogP contribution is 2.28. The molecule has 0 heterocycles. The number of hydrogen-bond donors (Lipinski definition) is 1. The second kappa shape index (κ2) is 5.04. The molecule has 2 aromatic rings. The van der Waals surface area contributed by atoms with Gasteiger partial charge in [-0.1, -0.05) is 57.2 Å². The van der Waals surface area contributed by atoms with Crippen molar-refractivity contribution in [3.63, 3.8) is 0 Å². The van der Waals surface area contributed by atoms with Crippen LogP contribution in [-0.4, -0.2) is 8.42 Å². The van der Waals surface area contributed by atoms with Crippen LogP contribution in [0.25, 0.3) is 11.1 Å². The molecule has 0 aromatic heterocycles. The number of rotatable bonds is 2. The van der Waals surface area contributed by atoms with Crippen LogP contribution in [0.4, 0.5) is 0 Å². The van der Waals surface area contributed by atoms with Crippen molar-refractivity contribution in [1.82, 2.24) is 0 Å². The molecule has 0 atom stereocenters. The van der Waals surface area contributed by atoms with E-state index in [0.717, 1.165) is 11.1 Å². The Bertz CT molecular complexity index is 711. The third kappa shape index (κ3) is 3.26. The lowest BCUT2D eigenvalue weighted by Gasteiger charge is -2.19. The second-order valence-electron chi connectivity index (χ2n) is 5.90. The minimum absolute atomic E-state index is 0.0799. The molecule has 0 saturated carbocycles. The predicted octanol–water partition coefficient (Wildman–Crippen LogP) is 3.30. The molecule has 2 aromatic carbocycles. The summed E-state index contributed by atoms with van der Waals surface area (Å²) in [6, 6.07) is 14.9. The van der Waals surface area contributed by atoms with E-state index in [0.29, 0.717) is 0 Å². The maximum absolute atomic E-state index is 11.2. The van der Waals surface area contributed by atoms with Crippen LogP contribution in [-0.2, 0) is 15.4 Å². The number of primary sulfonamides is 1. The smallest absolute Gasteiger partial charge is 0.225 e. The van der Waals surface area contributed by atoms with Gasteiger partial charge in [0.1, 0.15) is 0 Å². The summed E-state index contributed by atoms with van der Waals surface area (Å²) >= 11 is 0. The van der Waals surface area contributed by atoms with Gasteiger partial charge in [0, 0.05) is 0 Å². The summed E-state index contributed by atoms with van der Waals surface area (Å²) in [6.07, 6.45) is 0. The van der Waals surface area contributed by atoms with Crippen LogP contribution in [0.5, 0.6) is 0 Å². The summed E-state index contributed by atoms with van der Waals surface area (Å²) in [7, 11) is -3.63. The van der Waals surface area contributed by atoms with E-state index in [1.54, 1.807) is 12.1 Å². The lowest BCUT2D eigenvalue weighted by Crippen LogP contribution is -2.11. The van der Waals surface area contributed by atoms with Gasteiger partial charge in [-0.05, 0) is 34.2 Å². The van der Waals surface area contributed by atoms with Crippen molar-refractivity contribution >= 4 is 10.0 Å². The van der Waals surface area contributed by atoms with E-state index in [4.69, 9.17) is 5.14 Å². The van der Waals surface area contributed by atoms with Crippen molar-refractivity contribution < 1.29 is 8.42 Å². The van der Waals surface area contributed by atoms with E-state index in [9.17, 15) is 8.42 Å². The number of nitrogens with two attached hydrogens (primary N) is 1. The molecule has 2 rings (SSSR count). The molecule has 2 N–H and O–H groups in total. The zero-order valence-electron chi connectivity index (χ0n) is 11.9. The Labute approximate surface area is 120 Å². The van der Waals surface area contributed by atoms with Crippen LogP contribution in [0.15, 0.2) is 53.4 Å². The van der Waals surface area contributed by atoms with Crippen molar-refractivity contribution in [3.8, 4) is 11.1 Å². The molecule has 0 amide bonds. The van der Waals surface area contributed by atoms with Crippen LogP contribution < -0.4 is 5.14 Å². The van der Waals surface area contributed by atoms with Gasteiger partial charge in [0.25, 0.3) is 0 Å². The minimum atomic E-state index is -3.63. The molecule has 3 nitrogen and oxygen atoms in total. The van der Waals surface area contributed by atoms with Crippen LogP contribution >= 0.6 is 0 Å². The molecule has 0 aliphatic rings. The van der Waals surface area contributed by atoms with Gasteiger partial charge in [0.15, 0.2) is 0 Å². The molecule has 0 fully saturated rings. The Morgan fingerprint density at radius 3 is 2.00 bits per heavy atom. The summed E-state index contributed by atoms with van der Waals surface area (Å²) in [4.78, 5) is 0.133. The first kappa shape index (κ1) is 14.8. The molecule has 0 aliphatic carbocycles. The first-order chi connectivity index (χ1) is 9.18. The van der Waals surface area contributed by atoms with E-state index < -0.39 is 10.0 Å². The molecule has 0 aliphatic heterocycles. The van der Waals surface area contributed by atoms with Gasteiger partial charge in [0.05, 0.1) is 4.90 Å². The summed E-state index contributed by atoms with van der Waals surface area (Å²) in [5.74, 6) is 0. The number of benzene rings is 2. The third-order valence-electron chi connectivity index (χ3n) is 3.24. The first-order valence-electron chi connectivity index (χ1n) is 6.42. The molecule has 0 bridgehead atoms. The highest BCUT2D eigenvalue weighted by Gasteiger charge is 2.14. The fraction of sp³-hybridized carbons (Fsp3) is 0.250. The Morgan fingerprint density at radius 2 is 1.50 bits per heavy atom. The normalized spacial score (nSPS) is 12.4. The van der Waals surface area contributed by atoms with Crippen molar-refractivity contribution in [2.24, 2.45) is 5.14 Å². The van der Waals surface area contributed by atoms with E-state index in [-0.39, 0.29) is 10.3 Å². The summed E-state index contributed by atoms with van der Waals surface area (Å²) in [5, 5.41) is 5.10. The molecule has 0 unspecified atom stereocenters. The van der Waals surface area contributed by atoms with Crippen LogP contribution in [0.3, 0.4) is 0 Å². The van der Waals surface area contributed by atoms with Crippen molar-refractivity contribution in [3.05, 3.63) is 54.1 Å². The van der Waals surface area contributed by atoms with Gasteiger partial charge in [-0.25, -0.2) is 13.6 Å². The van der Waals surface area contributed by atoms with Crippen LogP contribution in [0.1, 0.15) is 26.3 Å². The lowest BCUT2D eigenvalue weighted by atomic mass is 9.85. The highest BCUT2D eigenvalue weighted by atomic mass is 32.2. The molecule has 0 spiro atoms. The molecule has 0 saturated heterocycles. The number of sulfonamides is 1. The van der Waals surface area contributed by atoms with Crippen LogP contribution in [0, 0.1) is 0 Å². The maximum atomic E-state index is 11.2. The summed E-state index contributed by atoms with van der Waals surface area (Å²) in [6.45, 7) is 6.49. The zero-order chi connectivity index (χ0) is 15.0. The van der Waals surface area contributed by atoms with Gasteiger partial charge in [0.2, 0.25) is 10.0 Å². The largest absolute Gasteiger partial charge is 0.238 e. The molecular formula is C16H19NO2S. The summed E-state index contributed by atoms with van der Waals surface area (Å²) in [5.41, 5.74) is 3.36. The van der Waals surface area contributed by atoms with Gasteiger partial charge in [-0.3, -0.25) is 0 Å². The van der Waals surface area contributed by atoms with Crippen molar-refractivity contribution in [1.29, 1.82) is 0 Å². The molecule has 4 heteroatoms.